The van der Waals surface area contributed by atoms with Crippen molar-refractivity contribution in [1.82, 2.24) is 4.90 Å². The Bertz CT molecular complexity index is 1010. The fraction of sp³-hybridized carbons (Fsp3) is 0.348. The van der Waals surface area contributed by atoms with Crippen molar-refractivity contribution >= 4 is 23.8 Å². The van der Waals surface area contributed by atoms with Gasteiger partial charge in [0.15, 0.2) is 0 Å². The number of aliphatic imine (C=N–C) groups is 1. The highest BCUT2D eigenvalue weighted by atomic mass is 16.5. The van der Waals surface area contributed by atoms with Crippen LogP contribution in [0.15, 0.2) is 41.4 Å². The number of esters is 1. The highest BCUT2D eigenvalue weighted by molar-refractivity contribution is 5.96. The van der Waals surface area contributed by atoms with Crippen molar-refractivity contribution in [2.45, 2.75) is 37.6 Å². The predicted octanol–water partition coefficient (Wildman–Crippen LogP) is 3.68. The molecule has 0 spiro atoms. The van der Waals surface area contributed by atoms with Crippen LogP contribution in [0.5, 0.6) is 0 Å². The smallest absolute Gasteiger partial charge is 0.337 e. The van der Waals surface area contributed by atoms with Gasteiger partial charge in [0.05, 0.1) is 18.4 Å². The summed E-state index contributed by atoms with van der Waals surface area (Å²) in [7, 11) is 1.40. The highest BCUT2D eigenvalue weighted by Crippen LogP contribution is 2.43. The molecule has 0 unspecified atom stereocenters. The minimum atomic E-state index is -0.311. The average Bonchev–Trinajstić information content (AvgIpc) is 3.35. The number of benzene rings is 2. The first-order valence-corrected chi connectivity index (χ1v) is 9.83. The van der Waals surface area contributed by atoms with E-state index in [-0.39, 0.29) is 23.8 Å². The standard InChI is InChI=1S/C23H22N2O3/c1-28-23(27)17-7-5-15-13-21-18(19(15)11-17)3-2-10-25(21)22(26)16-6-4-14-8-9-24-20(14)12-16/h4-7,9,11-12,18,21H,2-3,8,10,13H2,1H3/t18-,21+/m1/s1. The summed E-state index contributed by atoms with van der Waals surface area (Å²) in [6.07, 6.45) is 5.59. The van der Waals surface area contributed by atoms with E-state index in [1.165, 1.54) is 23.8 Å². The maximum atomic E-state index is 13.3. The first-order chi connectivity index (χ1) is 13.7. The molecule has 2 aromatic carbocycles. The van der Waals surface area contributed by atoms with E-state index in [0.29, 0.717) is 11.1 Å². The largest absolute Gasteiger partial charge is 0.465 e. The van der Waals surface area contributed by atoms with Gasteiger partial charge in [-0.2, -0.15) is 0 Å². The molecule has 3 aliphatic rings. The lowest BCUT2D eigenvalue weighted by molar-refractivity contribution is 0.0585. The van der Waals surface area contributed by atoms with Gasteiger partial charge in [-0.1, -0.05) is 12.1 Å². The Morgan fingerprint density at radius 1 is 1.11 bits per heavy atom. The molecule has 0 N–H and O–H groups in total. The molecular formula is C23H22N2O3. The Morgan fingerprint density at radius 3 is 2.79 bits per heavy atom. The van der Waals surface area contributed by atoms with E-state index in [1.54, 1.807) is 0 Å². The predicted molar refractivity (Wildman–Crippen MR) is 107 cm³/mol. The van der Waals surface area contributed by atoms with Crippen molar-refractivity contribution < 1.29 is 14.3 Å². The Balaban J connectivity index is 1.44. The van der Waals surface area contributed by atoms with Crippen LogP contribution in [-0.2, 0) is 17.6 Å². The van der Waals surface area contributed by atoms with Gasteiger partial charge in [0.2, 0.25) is 0 Å². The van der Waals surface area contributed by atoms with E-state index in [1.807, 2.05) is 47.5 Å². The number of piperidine rings is 1. The van der Waals surface area contributed by atoms with E-state index in [9.17, 15) is 9.59 Å². The number of amides is 1. The van der Waals surface area contributed by atoms with Crippen LogP contribution in [0.25, 0.3) is 0 Å². The second-order valence-electron chi connectivity index (χ2n) is 7.78. The SMILES string of the molecule is COC(=O)c1ccc2c(c1)[C@H]1CCCN(C(=O)c3ccc4c(c3)N=CC4)[C@H]1C2. The van der Waals surface area contributed by atoms with Crippen LogP contribution in [0, 0.1) is 0 Å². The van der Waals surface area contributed by atoms with Crippen molar-refractivity contribution in [2.75, 3.05) is 13.7 Å². The van der Waals surface area contributed by atoms with Crippen LogP contribution in [0.1, 0.15) is 56.2 Å². The molecular weight excluding hydrogens is 352 g/mol. The van der Waals surface area contributed by atoms with Gasteiger partial charge in [-0.15, -0.1) is 0 Å². The Labute approximate surface area is 164 Å². The first kappa shape index (κ1) is 17.2. The molecule has 142 valence electrons. The van der Waals surface area contributed by atoms with E-state index < -0.39 is 0 Å². The maximum Gasteiger partial charge on any atom is 0.337 e. The Morgan fingerprint density at radius 2 is 1.93 bits per heavy atom. The molecule has 5 rings (SSSR count). The summed E-state index contributed by atoms with van der Waals surface area (Å²) in [5, 5.41) is 0. The van der Waals surface area contributed by atoms with Crippen LogP contribution in [-0.4, -0.2) is 42.7 Å². The monoisotopic (exact) mass is 374 g/mol. The maximum absolute atomic E-state index is 13.3. The summed E-state index contributed by atoms with van der Waals surface area (Å²) < 4.78 is 4.87. The number of carbonyl (C=O) groups excluding carboxylic acids is 2. The van der Waals surface area contributed by atoms with Crippen LogP contribution in [0.2, 0.25) is 0 Å². The third-order valence-corrected chi connectivity index (χ3v) is 6.31. The molecule has 1 amide bonds. The second kappa shape index (κ2) is 6.59. The lowest BCUT2D eigenvalue weighted by Crippen LogP contribution is -2.46. The van der Waals surface area contributed by atoms with Gasteiger partial charge in [0.25, 0.3) is 5.91 Å². The molecule has 2 heterocycles. The molecule has 1 saturated heterocycles. The Kier molecular flexibility index (Phi) is 4.04. The van der Waals surface area contributed by atoms with Crippen LogP contribution < -0.4 is 0 Å². The zero-order chi connectivity index (χ0) is 19.3. The molecule has 28 heavy (non-hydrogen) atoms. The number of carbonyl (C=O) groups is 2. The van der Waals surface area contributed by atoms with Gasteiger partial charge in [0, 0.05) is 36.7 Å². The molecule has 2 aromatic rings. The lowest BCUT2D eigenvalue weighted by atomic mass is 9.87. The molecule has 5 nitrogen and oxygen atoms in total. The number of hydrogen-bond acceptors (Lipinski definition) is 4. The minimum absolute atomic E-state index is 0.0839. The van der Waals surface area contributed by atoms with Gasteiger partial charge >= 0.3 is 5.97 Å². The van der Waals surface area contributed by atoms with Crippen molar-refractivity contribution in [3.8, 4) is 0 Å². The molecule has 1 fully saturated rings. The zero-order valence-corrected chi connectivity index (χ0v) is 15.9. The lowest BCUT2D eigenvalue weighted by Gasteiger charge is -2.38. The van der Waals surface area contributed by atoms with Crippen LogP contribution in [0.3, 0.4) is 0 Å². The van der Waals surface area contributed by atoms with E-state index in [0.717, 1.165) is 37.9 Å². The van der Waals surface area contributed by atoms with Gasteiger partial charge < -0.3 is 9.64 Å². The van der Waals surface area contributed by atoms with Gasteiger partial charge in [0.1, 0.15) is 0 Å². The summed E-state index contributed by atoms with van der Waals surface area (Å²) in [5.41, 5.74) is 5.82. The number of rotatable bonds is 2. The van der Waals surface area contributed by atoms with Crippen molar-refractivity contribution in [1.29, 1.82) is 0 Å². The topological polar surface area (TPSA) is 59.0 Å². The molecule has 0 radical (unpaired) electrons. The van der Waals surface area contributed by atoms with Gasteiger partial charge in [-0.3, -0.25) is 9.79 Å². The summed E-state index contributed by atoms with van der Waals surface area (Å²) in [5.74, 6) is 0.0547. The molecule has 1 aliphatic carbocycles. The molecule has 0 aromatic heterocycles. The van der Waals surface area contributed by atoms with Crippen LogP contribution >= 0.6 is 0 Å². The third kappa shape index (κ3) is 2.65. The van der Waals surface area contributed by atoms with Crippen molar-refractivity contribution in [3.63, 3.8) is 0 Å². The van der Waals surface area contributed by atoms with Crippen LogP contribution in [0.4, 0.5) is 5.69 Å². The first-order valence-electron chi connectivity index (χ1n) is 9.83. The number of hydrogen-bond donors (Lipinski definition) is 0. The fourth-order valence-corrected chi connectivity index (χ4v) is 4.92. The minimum Gasteiger partial charge on any atom is -0.465 e. The Hall–Kier alpha value is -2.95. The number of likely N-dealkylation sites (tertiary alicyclic amines) is 1. The van der Waals surface area contributed by atoms with E-state index in [4.69, 9.17) is 4.74 Å². The average molecular weight is 374 g/mol. The number of methoxy groups -OCH3 is 1. The van der Waals surface area contributed by atoms with E-state index in [2.05, 4.69) is 4.99 Å². The summed E-state index contributed by atoms with van der Waals surface area (Å²) in [4.78, 5) is 31.7. The second-order valence-corrected chi connectivity index (χ2v) is 7.78. The molecule has 2 aliphatic heterocycles. The number of ether oxygens (including phenoxy) is 1. The van der Waals surface area contributed by atoms with E-state index >= 15 is 0 Å². The van der Waals surface area contributed by atoms with Crippen molar-refractivity contribution in [3.05, 3.63) is 64.2 Å². The summed E-state index contributed by atoms with van der Waals surface area (Å²) in [6, 6.07) is 11.8. The third-order valence-electron chi connectivity index (χ3n) is 6.31. The molecule has 0 saturated carbocycles. The van der Waals surface area contributed by atoms with Gasteiger partial charge in [-0.05, 0) is 60.2 Å². The molecule has 0 bridgehead atoms. The fourth-order valence-electron chi connectivity index (χ4n) is 4.92. The van der Waals surface area contributed by atoms with Crippen molar-refractivity contribution in [2.24, 2.45) is 4.99 Å². The number of nitrogens with zero attached hydrogens (tertiary/aromatic N) is 2. The molecule has 2 atom stereocenters. The zero-order valence-electron chi connectivity index (χ0n) is 15.9. The quantitative estimate of drug-likeness (QED) is 0.754. The normalized spacial score (nSPS) is 21.8. The highest BCUT2D eigenvalue weighted by Gasteiger charge is 2.41. The van der Waals surface area contributed by atoms with Gasteiger partial charge in [-0.25, -0.2) is 4.79 Å². The number of fused-ring (bicyclic) bond motifs is 4. The summed E-state index contributed by atoms with van der Waals surface area (Å²) in [6.45, 7) is 0.776. The summed E-state index contributed by atoms with van der Waals surface area (Å²) >= 11 is 0. The molecule has 5 heteroatoms.